The first-order valence-electron chi connectivity index (χ1n) is 7.14. The first-order chi connectivity index (χ1) is 9.21. The summed E-state index contributed by atoms with van der Waals surface area (Å²) in [5, 5.41) is 3.02. The predicted octanol–water partition coefficient (Wildman–Crippen LogP) is 3.50. The smallest absolute Gasteiger partial charge is 0.227 e. The number of hydrogen-bond donors (Lipinski definition) is 2. The van der Waals surface area contributed by atoms with Crippen LogP contribution in [0.1, 0.15) is 45.1 Å². The van der Waals surface area contributed by atoms with E-state index >= 15 is 0 Å². The van der Waals surface area contributed by atoms with Crippen molar-refractivity contribution in [3.8, 4) is 0 Å². The van der Waals surface area contributed by atoms with Crippen LogP contribution in [0.5, 0.6) is 0 Å². The molecular formula is C16H25CoN2O-. The molecule has 0 unspecified atom stereocenters. The summed E-state index contributed by atoms with van der Waals surface area (Å²) in [7, 11) is 0. The van der Waals surface area contributed by atoms with E-state index in [0.29, 0.717) is 0 Å². The van der Waals surface area contributed by atoms with E-state index in [1.54, 1.807) is 6.54 Å². The van der Waals surface area contributed by atoms with Crippen LogP contribution in [0.15, 0.2) is 24.3 Å². The second-order valence-electron chi connectivity index (χ2n) is 4.90. The van der Waals surface area contributed by atoms with Crippen LogP contribution < -0.4 is 11.1 Å². The minimum atomic E-state index is 0. The number of carbonyl (C=O) groups is 1. The van der Waals surface area contributed by atoms with E-state index in [1.807, 2.05) is 24.3 Å². The van der Waals surface area contributed by atoms with Gasteiger partial charge >= 0.3 is 0 Å². The summed E-state index contributed by atoms with van der Waals surface area (Å²) >= 11 is 0. The Bertz CT molecular complexity index is 390. The van der Waals surface area contributed by atoms with Gasteiger partial charge in [-0.25, -0.2) is 0 Å². The van der Waals surface area contributed by atoms with Crippen molar-refractivity contribution in [1.29, 1.82) is 0 Å². The molecule has 1 rings (SSSR count). The quantitative estimate of drug-likeness (QED) is 0.720. The van der Waals surface area contributed by atoms with Crippen LogP contribution in [0.25, 0.3) is 0 Å². The van der Waals surface area contributed by atoms with Gasteiger partial charge in [-0.05, 0) is 25.0 Å². The van der Waals surface area contributed by atoms with Crippen molar-refractivity contribution in [3.63, 3.8) is 0 Å². The topological polar surface area (TPSA) is 55.1 Å². The normalized spacial score (nSPS) is 10.2. The number of benzene rings is 1. The van der Waals surface area contributed by atoms with Gasteiger partial charge in [0.1, 0.15) is 0 Å². The Balaban J connectivity index is 0.00000361. The fraction of sp³-hybridized carbons (Fsp3) is 0.500. The Morgan fingerprint density at radius 1 is 1.30 bits per heavy atom. The number of amides is 1. The van der Waals surface area contributed by atoms with Crippen molar-refractivity contribution in [2.24, 2.45) is 11.7 Å². The minimum Gasteiger partial charge on any atom is -0.483 e. The molecule has 0 saturated carbocycles. The molecule has 0 bridgehead atoms. The molecule has 0 aromatic heterocycles. The average Bonchev–Trinajstić information content (AvgIpc) is 2.39. The zero-order chi connectivity index (χ0) is 14.1. The molecule has 1 radical (unpaired) electrons. The molecule has 0 fully saturated rings. The first kappa shape index (κ1) is 19.2. The molecule has 0 heterocycles. The molecule has 0 saturated heterocycles. The van der Waals surface area contributed by atoms with Crippen LogP contribution >= 0.6 is 0 Å². The van der Waals surface area contributed by atoms with Crippen LogP contribution in [0.3, 0.4) is 0 Å². The Hall–Kier alpha value is -0.844. The van der Waals surface area contributed by atoms with Crippen LogP contribution in [0, 0.1) is 12.5 Å². The zero-order valence-corrected chi connectivity index (χ0v) is 13.4. The Morgan fingerprint density at radius 3 is 2.50 bits per heavy atom. The third-order valence-corrected chi connectivity index (χ3v) is 3.19. The molecule has 0 spiro atoms. The molecule has 3 N–H and O–H groups in total. The van der Waals surface area contributed by atoms with Crippen molar-refractivity contribution in [1.82, 2.24) is 0 Å². The standard InChI is InChI=1S/C16H25N2O.Co/c1-3-6-14(7-4-2)16(19)18-15-9-5-8-13(12-15)10-11-17;/h5,8-9,11-12,14H,3-4,6-7,10,17H2,1-2H3,(H,18,19);/q-1;. The van der Waals surface area contributed by atoms with Crippen molar-refractivity contribution in [3.05, 3.63) is 36.4 Å². The first-order valence-corrected chi connectivity index (χ1v) is 7.14. The summed E-state index contributed by atoms with van der Waals surface area (Å²) in [5.41, 5.74) is 7.40. The molecule has 1 aromatic rings. The molecule has 4 heteroatoms. The molecule has 0 aliphatic carbocycles. The van der Waals surface area contributed by atoms with Gasteiger partial charge in [-0.2, -0.15) is 0 Å². The van der Waals surface area contributed by atoms with Gasteiger partial charge in [0.25, 0.3) is 0 Å². The summed E-state index contributed by atoms with van der Waals surface area (Å²) in [6.07, 6.45) is 4.71. The van der Waals surface area contributed by atoms with Gasteiger partial charge in [0.05, 0.1) is 0 Å². The molecule has 1 aromatic carbocycles. The molecule has 3 nitrogen and oxygen atoms in total. The number of hydrogen-bond acceptors (Lipinski definition) is 2. The van der Waals surface area contributed by atoms with E-state index in [9.17, 15) is 4.79 Å². The molecule has 0 aliphatic rings. The summed E-state index contributed by atoms with van der Waals surface area (Å²) in [6.45, 7) is 5.86. The van der Waals surface area contributed by atoms with E-state index in [1.165, 1.54) is 0 Å². The molecular weight excluding hydrogens is 295 g/mol. The van der Waals surface area contributed by atoms with Gasteiger partial charge in [0.2, 0.25) is 5.91 Å². The molecule has 20 heavy (non-hydrogen) atoms. The fourth-order valence-electron chi connectivity index (χ4n) is 2.26. The number of rotatable bonds is 8. The zero-order valence-electron chi connectivity index (χ0n) is 12.3. The summed E-state index contributed by atoms with van der Waals surface area (Å²) in [5.74, 6) is 0.261. The monoisotopic (exact) mass is 320 g/mol. The van der Waals surface area contributed by atoms with Gasteiger partial charge in [0.15, 0.2) is 0 Å². The molecule has 1 amide bonds. The van der Waals surface area contributed by atoms with Gasteiger partial charge in [-0.15, -0.1) is 6.42 Å². The largest absolute Gasteiger partial charge is 0.483 e. The van der Waals surface area contributed by atoms with Crippen LogP contribution in [-0.4, -0.2) is 5.91 Å². The third kappa shape index (κ3) is 6.55. The average molecular weight is 320 g/mol. The number of nitrogens with two attached hydrogens (primary N) is 1. The Labute approximate surface area is 132 Å². The molecule has 0 aliphatic heterocycles. The maximum absolute atomic E-state index is 12.2. The second kappa shape index (κ2) is 10.9. The van der Waals surface area contributed by atoms with Crippen molar-refractivity contribution in [2.45, 2.75) is 46.0 Å². The van der Waals surface area contributed by atoms with Gasteiger partial charge in [-0.3, -0.25) is 11.3 Å². The summed E-state index contributed by atoms with van der Waals surface area (Å²) < 4.78 is 0. The Morgan fingerprint density at radius 2 is 1.95 bits per heavy atom. The molecule has 0 atom stereocenters. The number of nitrogens with one attached hydrogen (secondary N) is 1. The van der Waals surface area contributed by atoms with Crippen molar-refractivity contribution < 1.29 is 21.6 Å². The summed E-state index contributed by atoms with van der Waals surface area (Å²) in [6, 6.07) is 7.86. The van der Waals surface area contributed by atoms with Crippen LogP contribution in [0.4, 0.5) is 5.69 Å². The maximum Gasteiger partial charge on any atom is 0.227 e. The number of carbonyl (C=O) groups excluding carboxylic acids is 1. The fourth-order valence-corrected chi connectivity index (χ4v) is 2.26. The summed E-state index contributed by atoms with van der Waals surface area (Å²) in [4.78, 5) is 12.2. The van der Waals surface area contributed by atoms with E-state index in [4.69, 9.17) is 5.73 Å². The maximum atomic E-state index is 12.2. The van der Waals surface area contributed by atoms with E-state index < -0.39 is 0 Å². The Kier molecular flexibility index (Phi) is 10.4. The molecule has 115 valence electrons. The third-order valence-electron chi connectivity index (χ3n) is 3.19. The van der Waals surface area contributed by atoms with E-state index in [2.05, 4.69) is 19.2 Å². The second-order valence-corrected chi connectivity index (χ2v) is 4.90. The van der Waals surface area contributed by atoms with Crippen molar-refractivity contribution >= 4 is 11.6 Å². The number of anilines is 1. The minimum absolute atomic E-state index is 0. The van der Waals surface area contributed by atoms with Gasteiger partial charge in [-0.1, -0.05) is 44.4 Å². The predicted molar refractivity (Wildman–Crippen MR) is 80.6 cm³/mol. The van der Waals surface area contributed by atoms with Crippen molar-refractivity contribution in [2.75, 3.05) is 5.32 Å². The van der Waals surface area contributed by atoms with Gasteiger partial charge in [0, 0.05) is 28.4 Å². The van der Waals surface area contributed by atoms with Crippen LogP contribution in [0.2, 0.25) is 0 Å². The van der Waals surface area contributed by atoms with Gasteiger partial charge < -0.3 is 11.1 Å². The van der Waals surface area contributed by atoms with E-state index in [0.717, 1.165) is 43.4 Å². The van der Waals surface area contributed by atoms with Crippen LogP contribution in [-0.2, 0) is 28.0 Å². The van der Waals surface area contributed by atoms with E-state index in [-0.39, 0.29) is 28.6 Å². The SMILES string of the molecule is CCCC(CCC)C(=O)Nc1cccc(C[CH-]N)c1.[Co].